The van der Waals surface area contributed by atoms with E-state index in [0.29, 0.717) is 44.0 Å². The van der Waals surface area contributed by atoms with E-state index in [9.17, 15) is 14.0 Å². The van der Waals surface area contributed by atoms with Crippen LogP contribution in [0, 0.1) is 12.7 Å². The molecular weight excluding hydrogens is 377 g/mol. The van der Waals surface area contributed by atoms with Crippen molar-refractivity contribution in [1.29, 1.82) is 0 Å². The first-order chi connectivity index (χ1) is 14.0. The molecule has 2 heterocycles. The Morgan fingerprint density at radius 3 is 2.62 bits per heavy atom. The van der Waals surface area contributed by atoms with Crippen LogP contribution in [0.3, 0.4) is 0 Å². The van der Waals surface area contributed by atoms with Crippen LogP contribution >= 0.6 is 0 Å². The number of carbonyl (C=O) groups excluding carboxylic acids is 2. The van der Waals surface area contributed by atoms with Gasteiger partial charge >= 0.3 is 12.1 Å². The highest BCUT2D eigenvalue weighted by Crippen LogP contribution is 2.21. The number of rotatable bonds is 4. The maximum absolute atomic E-state index is 14.9. The van der Waals surface area contributed by atoms with E-state index in [4.69, 9.17) is 4.74 Å². The minimum Gasteiger partial charge on any atom is -0.453 e. The Bertz CT molecular complexity index is 884. The number of hydrogen-bond acceptors (Lipinski definition) is 5. The van der Waals surface area contributed by atoms with Crippen LogP contribution in [-0.4, -0.2) is 60.2 Å². The normalized spacial score (nSPS) is 14.4. The third kappa shape index (κ3) is 5.41. The second kappa shape index (κ2) is 9.33. The zero-order valence-electron chi connectivity index (χ0n) is 16.4. The number of urea groups is 1. The van der Waals surface area contributed by atoms with Gasteiger partial charge in [0.1, 0.15) is 0 Å². The lowest BCUT2D eigenvalue weighted by Gasteiger charge is -2.33. The number of nitrogens with zero attached hydrogens (tertiary/aromatic N) is 3. The zero-order chi connectivity index (χ0) is 20.8. The van der Waals surface area contributed by atoms with E-state index in [-0.39, 0.29) is 11.8 Å². The van der Waals surface area contributed by atoms with Crippen molar-refractivity contribution in [3.63, 3.8) is 0 Å². The Labute approximate surface area is 168 Å². The van der Waals surface area contributed by atoms with Gasteiger partial charge in [0.15, 0.2) is 5.82 Å². The van der Waals surface area contributed by atoms with Crippen molar-refractivity contribution in [2.24, 2.45) is 0 Å². The first-order valence-corrected chi connectivity index (χ1v) is 9.29. The van der Waals surface area contributed by atoms with E-state index in [1.54, 1.807) is 35.4 Å². The lowest BCUT2D eigenvalue weighted by Crippen LogP contribution is -2.48. The fourth-order valence-corrected chi connectivity index (χ4v) is 3.16. The predicted molar refractivity (Wildman–Crippen MR) is 107 cm³/mol. The third-order valence-electron chi connectivity index (χ3n) is 4.68. The first kappa shape index (κ1) is 20.5. The molecule has 0 radical (unpaired) electrons. The number of nitrogens with one attached hydrogen (secondary N) is 2. The lowest BCUT2D eigenvalue weighted by molar-refractivity contribution is 0.0885. The highest BCUT2D eigenvalue weighted by molar-refractivity contribution is 5.99. The zero-order valence-corrected chi connectivity index (χ0v) is 16.4. The summed E-state index contributed by atoms with van der Waals surface area (Å²) < 4.78 is 19.6. The van der Waals surface area contributed by atoms with E-state index in [1.807, 2.05) is 6.92 Å². The van der Waals surface area contributed by atoms with Crippen molar-refractivity contribution in [2.75, 3.05) is 43.9 Å². The molecule has 2 aromatic rings. The predicted octanol–water partition coefficient (Wildman–Crippen LogP) is 3.06. The summed E-state index contributed by atoms with van der Waals surface area (Å²) in [6.07, 6.45) is 1.24. The number of benzene rings is 1. The highest BCUT2D eigenvalue weighted by Gasteiger charge is 2.22. The average molecular weight is 401 g/mol. The molecule has 2 N–H and O–H groups in total. The molecular formula is C20H24FN5O3. The van der Waals surface area contributed by atoms with Crippen molar-refractivity contribution >= 4 is 23.5 Å². The van der Waals surface area contributed by atoms with E-state index in [2.05, 4.69) is 20.5 Å². The number of methoxy groups -OCH3 is 1. The maximum Gasteiger partial charge on any atom is 0.409 e. The molecule has 0 unspecified atom stereocenters. The summed E-state index contributed by atoms with van der Waals surface area (Å²) >= 11 is 0. The molecule has 154 valence electrons. The second-order valence-electron chi connectivity index (χ2n) is 6.78. The number of halogens is 1. The smallest absolute Gasteiger partial charge is 0.409 e. The van der Waals surface area contributed by atoms with Gasteiger partial charge in [-0.25, -0.2) is 14.0 Å². The second-order valence-corrected chi connectivity index (χ2v) is 6.78. The quantitative estimate of drug-likeness (QED) is 0.822. The van der Waals surface area contributed by atoms with Crippen molar-refractivity contribution in [2.45, 2.75) is 13.5 Å². The monoisotopic (exact) mass is 401 g/mol. The van der Waals surface area contributed by atoms with Gasteiger partial charge in [-0.3, -0.25) is 9.88 Å². The van der Waals surface area contributed by atoms with Crippen molar-refractivity contribution in [1.82, 2.24) is 14.8 Å². The molecule has 1 aliphatic rings. The van der Waals surface area contributed by atoms with Crippen LogP contribution in [0.15, 0.2) is 36.5 Å². The molecule has 0 saturated carbocycles. The number of carbonyl (C=O) groups is 2. The van der Waals surface area contributed by atoms with Crippen LogP contribution in [0.5, 0.6) is 0 Å². The number of anilines is 2. The van der Waals surface area contributed by atoms with E-state index in [1.165, 1.54) is 13.2 Å². The molecule has 1 saturated heterocycles. The third-order valence-corrected chi connectivity index (χ3v) is 4.68. The Balaban J connectivity index is 1.59. The van der Waals surface area contributed by atoms with Gasteiger partial charge in [0.05, 0.1) is 12.8 Å². The Hall–Kier alpha value is -3.20. The molecule has 0 aliphatic carbocycles. The largest absolute Gasteiger partial charge is 0.453 e. The molecule has 1 aromatic heterocycles. The Morgan fingerprint density at radius 2 is 1.93 bits per heavy atom. The molecule has 0 atom stereocenters. The van der Waals surface area contributed by atoms with Crippen LogP contribution in [0.2, 0.25) is 0 Å². The minimum atomic E-state index is -0.529. The van der Waals surface area contributed by atoms with Crippen molar-refractivity contribution < 1.29 is 18.7 Å². The van der Waals surface area contributed by atoms with Crippen LogP contribution < -0.4 is 10.6 Å². The molecule has 9 heteroatoms. The van der Waals surface area contributed by atoms with E-state index in [0.717, 1.165) is 5.69 Å². The number of amides is 3. The SMILES string of the molecule is COC(=O)N1CCN(Cc2cccc(NC(=O)Nc3ccnc(C)c3)c2F)CC1. The first-order valence-electron chi connectivity index (χ1n) is 9.29. The summed E-state index contributed by atoms with van der Waals surface area (Å²) in [5, 5.41) is 5.22. The Morgan fingerprint density at radius 1 is 1.17 bits per heavy atom. The summed E-state index contributed by atoms with van der Waals surface area (Å²) in [7, 11) is 1.36. The van der Waals surface area contributed by atoms with Crippen molar-refractivity contribution in [3.8, 4) is 0 Å². The molecule has 1 fully saturated rings. The standard InChI is InChI=1S/C20H24FN5O3/c1-14-12-16(6-7-22-14)23-19(27)24-17-5-3-4-15(18(17)21)13-25-8-10-26(11-9-25)20(28)29-2/h3-7,12H,8-11,13H2,1-2H3,(H2,22,23,24,27). The van der Waals surface area contributed by atoms with Gasteiger partial charge in [-0.15, -0.1) is 0 Å². The van der Waals surface area contributed by atoms with Gasteiger partial charge in [-0.2, -0.15) is 0 Å². The maximum atomic E-state index is 14.9. The number of aromatic nitrogens is 1. The van der Waals surface area contributed by atoms with Gasteiger partial charge in [0, 0.05) is 55.9 Å². The molecule has 0 spiro atoms. The number of pyridine rings is 1. The fourth-order valence-electron chi connectivity index (χ4n) is 3.16. The fraction of sp³-hybridized carbons (Fsp3) is 0.350. The Kier molecular flexibility index (Phi) is 6.61. The van der Waals surface area contributed by atoms with Gasteiger partial charge in [0.25, 0.3) is 0 Å². The minimum absolute atomic E-state index is 0.110. The summed E-state index contributed by atoms with van der Waals surface area (Å²) in [4.78, 5) is 31.5. The topological polar surface area (TPSA) is 86.8 Å². The van der Waals surface area contributed by atoms with Gasteiger partial charge in [0.2, 0.25) is 0 Å². The van der Waals surface area contributed by atoms with Crippen LogP contribution in [0.25, 0.3) is 0 Å². The molecule has 3 amide bonds. The van der Waals surface area contributed by atoms with Gasteiger partial charge in [-0.05, 0) is 25.1 Å². The number of aryl methyl sites for hydroxylation is 1. The molecule has 8 nitrogen and oxygen atoms in total. The molecule has 29 heavy (non-hydrogen) atoms. The molecule has 1 aliphatic heterocycles. The summed E-state index contributed by atoms with van der Waals surface area (Å²) in [6, 6.07) is 7.77. The van der Waals surface area contributed by atoms with Crippen molar-refractivity contribution in [3.05, 3.63) is 53.6 Å². The molecule has 1 aromatic carbocycles. The van der Waals surface area contributed by atoms with Crippen LogP contribution in [0.1, 0.15) is 11.3 Å². The van der Waals surface area contributed by atoms with Gasteiger partial charge < -0.3 is 20.3 Å². The average Bonchev–Trinajstić information content (AvgIpc) is 2.71. The summed E-state index contributed by atoms with van der Waals surface area (Å²) in [6.45, 7) is 4.50. The van der Waals surface area contributed by atoms with E-state index < -0.39 is 11.8 Å². The number of ether oxygens (including phenoxy) is 1. The molecule has 0 bridgehead atoms. The summed E-state index contributed by atoms with van der Waals surface area (Å²) in [5.74, 6) is -0.469. The van der Waals surface area contributed by atoms with Gasteiger partial charge in [-0.1, -0.05) is 12.1 Å². The lowest BCUT2D eigenvalue weighted by atomic mass is 10.1. The summed E-state index contributed by atoms with van der Waals surface area (Å²) in [5.41, 5.74) is 1.94. The van der Waals surface area contributed by atoms with Crippen LogP contribution in [0.4, 0.5) is 25.4 Å². The number of hydrogen-bond donors (Lipinski definition) is 2. The highest BCUT2D eigenvalue weighted by atomic mass is 19.1. The number of piperazine rings is 1. The van der Waals surface area contributed by atoms with E-state index >= 15 is 0 Å². The molecule has 3 rings (SSSR count). The van der Waals surface area contributed by atoms with Crippen LogP contribution in [-0.2, 0) is 11.3 Å².